The zero-order valence-electron chi connectivity index (χ0n) is 17.4. The van der Waals surface area contributed by atoms with Crippen molar-refractivity contribution in [1.82, 2.24) is 15.2 Å². The Morgan fingerprint density at radius 2 is 2.00 bits per heavy atom. The van der Waals surface area contributed by atoms with Gasteiger partial charge in [0, 0.05) is 23.7 Å². The molecule has 0 unspecified atom stereocenters. The molecule has 0 spiro atoms. The quantitative estimate of drug-likeness (QED) is 0.688. The van der Waals surface area contributed by atoms with E-state index in [0.717, 1.165) is 47.4 Å². The monoisotopic (exact) mass is 399 g/mol. The van der Waals surface area contributed by atoms with Crippen LogP contribution in [0, 0.1) is 5.92 Å². The highest BCUT2D eigenvalue weighted by atomic mass is 32.1. The van der Waals surface area contributed by atoms with E-state index in [0.29, 0.717) is 18.5 Å². The predicted octanol–water partition coefficient (Wildman–Crippen LogP) is 4.76. The van der Waals surface area contributed by atoms with E-state index < -0.39 is 0 Å². The molecule has 0 saturated heterocycles. The van der Waals surface area contributed by atoms with Gasteiger partial charge >= 0.3 is 0 Å². The third-order valence-electron chi connectivity index (χ3n) is 5.67. The van der Waals surface area contributed by atoms with Gasteiger partial charge in [0.25, 0.3) is 5.56 Å². The molecule has 1 aromatic carbocycles. The topological polar surface area (TPSA) is 48.1 Å². The SMILES string of the molecule is CCc1ccc2[nH]c(=O)c(CN(C(=S)NCC(C)C)C3CCCCC3)cc2c1. The summed E-state index contributed by atoms with van der Waals surface area (Å²) in [5.41, 5.74) is 2.96. The number of nitrogens with zero attached hydrogens (tertiary/aromatic N) is 1. The third kappa shape index (κ3) is 5.13. The molecule has 152 valence electrons. The molecular weight excluding hydrogens is 366 g/mol. The summed E-state index contributed by atoms with van der Waals surface area (Å²) in [5.74, 6) is 0.530. The summed E-state index contributed by atoms with van der Waals surface area (Å²) >= 11 is 5.76. The van der Waals surface area contributed by atoms with Gasteiger partial charge in [0.1, 0.15) is 0 Å². The Kier molecular flexibility index (Phi) is 7.11. The molecule has 1 aliphatic rings. The van der Waals surface area contributed by atoms with Crippen LogP contribution in [0.3, 0.4) is 0 Å². The number of pyridine rings is 1. The zero-order chi connectivity index (χ0) is 20.1. The van der Waals surface area contributed by atoms with Crippen molar-refractivity contribution in [3.8, 4) is 0 Å². The molecule has 1 heterocycles. The molecule has 0 bridgehead atoms. The van der Waals surface area contributed by atoms with Gasteiger partial charge in [0.2, 0.25) is 0 Å². The van der Waals surface area contributed by atoms with Crippen molar-refractivity contribution in [2.45, 2.75) is 71.9 Å². The van der Waals surface area contributed by atoms with Crippen LogP contribution < -0.4 is 10.9 Å². The first-order valence-electron chi connectivity index (χ1n) is 10.7. The summed E-state index contributed by atoms with van der Waals surface area (Å²) in [7, 11) is 0. The Balaban J connectivity index is 1.89. The molecule has 0 aliphatic heterocycles. The number of nitrogens with one attached hydrogen (secondary N) is 2. The van der Waals surface area contributed by atoms with Crippen LogP contribution in [-0.2, 0) is 13.0 Å². The first-order valence-corrected chi connectivity index (χ1v) is 11.1. The van der Waals surface area contributed by atoms with Crippen molar-refractivity contribution in [3.63, 3.8) is 0 Å². The summed E-state index contributed by atoms with van der Waals surface area (Å²) < 4.78 is 0. The Bertz CT molecular complexity index is 868. The summed E-state index contributed by atoms with van der Waals surface area (Å²) in [6, 6.07) is 8.73. The number of fused-ring (bicyclic) bond motifs is 1. The average Bonchev–Trinajstić information content (AvgIpc) is 2.70. The Morgan fingerprint density at radius 3 is 2.68 bits per heavy atom. The Labute approximate surface area is 173 Å². The smallest absolute Gasteiger partial charge is 0.253 e. The van der Waals surface area contributed by atoms with E-state index in [1.165, 1.54) is 24.8 Å². The second kappa shape index (κ2) is 9.55. The summed E-state index contributed by atoms with van der Waals surface area (Å²) in [6.45, 7) is 7.93. The van der Waals surface area contributed by atoms with Crippen molar-refractivity contribution in [1.29, 1.82) is 0 Å². The zero-order valence-corrected chi connectivity index (χ0v) is 18.2. The van der Waals surface area contributed by atoms with Crippen molar-refractivity contribution >= 4 is 28.2 Å². The largest absolute Gasteiger partial charge is 0.362 e. The Morgan fingerprint density at radius 1 is 1.25 bits per heavy atom. The molecule has 2 N–H and O–H groups in total. The van der Waals surface area contributed by atoms with Crippen LogP contribution in [0.15, 0.2) is 29.1 Å². The number of benzene rings is 1. The van der Waals surface area contributed by atoms with E-state index in [-0.39, 0.29) is 5.56 Å². The van der Waals surface area contributed by atoms with E-state index in [9.17, 15) is 4.79 Å². The van der Waals surface area contributed by atoms with E-state index in [2.05, 4.69) is 48.1 Å². The molecular formula is C23H33N3OS. The van der Waals surface area contributed by atoms with Crippen LogP contribution in [0.2, 0.25) is 0 Å². The molecule has 0 amide bonds. The van der Waals surface area contributed by atoms with Crippen molar-refractivity contribution < 1.29 is 0 Å². The highest BCUT2D eigenvalue weighted by Gasteiger charge is 2.24. The van der Waals surface area contributed by atoms with Crippen LogP contribution in [0.25, 0.3) is 10.9 Å². The number of aryl methyl sites for hydroxylation is 1. The fourth-order valence-corrected chi connectivity index (χ4v) is 4.27. The lowest BCUT2D eigenvalue weighted by molar-refractivity contribution is 0.234. The van der Waals surface area contributed by atoms with Crippen LogP contribution in [0.4, 0.5) is 0 Å². The summed E-state index contributed by atoms with van der Waals surface area (Å²) in [4.78, 5) is 18.1. The maximum Gasteiger partial charge on any atom is 0.253 e. The predicted molar refractivity (Wildman–Crippen MR) is 122 cm³/mol. The number of hydrogen-bond donors (Lipinski definition) is 2. The third-order valence-corrected chi connectivity index (χ3v) is 6.05. The second-order valence-corrected chi connectivity index (χ2v) is 8.79. The first kappa shape index (κ1) is 20.8. The molecule has 0 radical (unpaired) electrons. The van der Waals surface area contributed by atoms with E-state index >= 15 is 0 Å². The number of thiocarbonyl (C=S) groups is 1. The lowest BCUT2D eigenvalue weighted by atomic mass is 9.94. The highest BCUT2D eigenvalue weighted by molar-refractivity contribution is 7.80. The molecule has 1 fully saturated rings. The van der Waals surface area contributed by atoms with E-state index in [1.807, 2.05) is 12.1 Å². The van der Waals surface area contributed by atoms with Gasteiger partial charge < -0.3 is 15.2 Å². The summed E-state index contributed by atoms with van der Waals surface area (Å²) in [5, 5.41) is 5.30. The summed E-state index contributed by atoms with van der Waals surface area (Å²) in [6.07, 6.45) is 7.06. The van der Waals surface area contributed by atoms with Gasteiger partial charge in [0.05, 0.1) is 6.54 Å². The maximum absolute atomic E-state index is 12.7. The number of hydrogen-bond acceptors (Lipinski definition) is 2. The van der Waals surface area contributed by atoms with Crippen molar-refractivity contribution in [2.24, 2.45) is 5.92 Å². The fraction of sp³-hybridized carbons (Fsp3) is 0.565. The second-order valence-electron chi connectivity index (χ2n) is 8.40. The lowest BCUT2D eigenvalue weighted by Gasteiger charge is -2.36. The Hall–Kier alpha value is -1.88. The lowest BCUT2D eigenvalue weighted by Crippen LogP contribution is -2.47. The molecule has 1 saturated carbocycles. The van der Waals surface area contributed by atoms with Gasteiger partial charge in [-0.3, -0.25) is 4.79 Å². The molecule has 2 aromatic rings. The van der Waals surface area contributed by atoms with Gasteiger partial charge in [-0.05, 0) is 66.5 Å². The number of rotatable bonds is 6. The van der Waals surface area contributed by atoms with E-state index in [4.69, 9.17) is 12.2 Å². The molecule has 1 aliphatic carbocycles. The van der Waals surface area contributed by atoms with Crippen LogP contribution in [0.1, 0.15) is 64.0 Å². The maximum atomic E-state index is 12.7. The van der Waals surface area contributed by atoms with Gasteiger partial charge in [-0.2, -0.15) is 0 Å². The minimum atomic E-state index is -0.00998. The number of H-pyrrole nitrogens is 1. The van der Waals surface area contributed by atoms with Gasteiger partial charge in [-0.1, -0.05) is 46.1 Å². The van der Waals surface area contributed by atoms with Gasteiger partial charge in [-0.25, -0.2) is 0 Å². The minimum Gasteiger partial charge on any atom is -0.362 e. The van der Waals surface area contributed by atoms with Crippen LogP contribution >= 0.6 is 12.2 Å². The molecule has 5 heteroatoms. The molecule has 4 nitrogen and oxygen atoms in total. The number of aromatic nitrogens is 1. The van der Waals surface area contributed by atoms with E-state index in [1.54, 1.807) is 0 Å². The van der Waals surface area contributed by atoms with Gasteiger partial charge in [0.15, 0.2) is 5.11 Å². The van der Waals surface area contributed by atoms with Crippen LogP contribution in [0.5, 0.6) is 0 Å². The van der Waals surface area contributed by atoms with Crippen molar-refractivity contribution in [2.75, 3.05) is 6.54 Å². The first-order chi connectivity index (χ1) is 13.5. The molecule has 28 heavy (non-hydrogen) atoms. The van der Waals surface area contributed by atoms with Crippen LogP contribution in [-0.4, -0.2) is 27.6 Å². The molecule has 1 aromatic heterocycles. The average molecular weight is 400 g/mol. The van der Waals surface area contributed by atoms with Gasteiger partial charge in [-0.15, -0.1) is 0 Å². The normalized spacial score (nSPS) is 15.1. The highest BCUT2D eigenvalue weighted by Crippen LogP contribution is 2.24. The van der Waals surface area contributed by atoms with Crippen molar-refractivity contribution in [3.05, 3.63) is 45.7 Å². The minimum absolute atomic E-state index is 0.00998. The standard InChI is InChI=1S/C23H33N3OS/c1-4-17-10-11-21-18(12-17)13-19(22(27)25-21)15-26(20-8-6-5-7-9-20)23(28)24-14-16(2)3/h10-13,16,20H,4-9,14-15H2,1-3H3,(H,24,28)(H,25,27). The molecule has 0 atom stereocenters. The molecule has 3 rings (SSSR count). The fourth-order valence-electron chi connectivity index (χ4n) is 3.97. The number of aromatic amines is 1.